The van der Waals surface area contributed by atoms with Crippen LogP contribution < -0.4 is 11.1 Å². The SMILES string of the molecule is Cc1ccc(N)c([C@@H]2CCCCN2)c1. The van der Waals surface area contributed by atoms with Crippen molar-refractivity contribution in [2.75, 3.05) is 12.3 Å². The van der Waals surface area contributed by atoms with E-state index in [0.29, 0.717) is 6.04 Å². The first-order valence-corrected chi connectivity index (χ1v) is 5.37. The molecule has 1 saturated heterocycles. The molecule has 0 amide bonds. The molecule has 1 aliphatic rings. The van der Waals surface area contributed by atoms with Crippen LogP contribution in [0.2, 0.25) is 0 Å². The van der Waals surface area contributed by atoms with Gasteiger partial charge in [-0.1, -0.05) is 24.1 Å². The van der Waals surface area contributed by atoms with Crippen LogP contribution in [0.25, 0.3) is 0 Å². The van der Waals surface area contributed by atoms with Gasteiger partial charge in [0.2, 0.25) is 0 Å². The molecular weight excluding hydrogens is 172 g/mol. The molecule has 2 heteroatoms. The molecule has 0 unspecified atom stereocenters. The average Bonchev–Trinajstić information content (AvgIpc) is 2.23. The molecule has 14 heavy (non-hydrogen) atoms. The van der Waals surface area contributed by atoms with Crippen molar-refractivity contribution < 1.29 is 0 Å². The molecule has 1 fully saturated rings. The maximum absolute atomic E-state index is 5.98. The van der Waals surface area contributed by atoms with Crippen LogP contribution in [0.4, 0.5) is 5.69 Å². The molecule has 1 aromatic carbocycles. The van der Waals surface area contributed by atoms with Crippen LogP contribution >= 0.6 is 0 Å². The van der Waals surface area contributed by atoms with Gasteiger partial charge in [-0.3, -0.25) is 0 Å². The zero-order chi connectivity index (χ0) is 9.97. The second-order valence-electron chi connectivity index (χ2n) is 4.13. The molecule has 1 heterocycles. The number of rotatable bonds is 1. The van der Waals surface area contributed by atoms with E-state index in [9.17, 15) is 0 Å². The molecule has 76 valence electrons. The molecule has 1 atom stereocenters. The highest BCUT2D eigenvalue weighted by atomic mass is 14.9. The van der Waals surface area contributed by atoms with Crippen molar-refractivity contribution in [1.82, 2.24) is 5.32 Å². The maximum Gasteiger partial charge on any atom is 0.0362 e. The summed E-state index contributed by atoms with van der Waals surface area (Å²) < 4.78 is 0. The summed E-state index contributed by atoms with van der Waals surface area (Å²) in [7, 11) is 0. The third kappa shape index (κ3) is 1.90. The minimum Gasteiger partial charge on any atom is -0.398 e. The quantitative estimate of drug-likeness (QED) is 0.667. The minimum absolute atomic E-state index is 0.476. The summed E-state index contributed by atoms with van der Waals surface area (Å²) in [5.74, 6) is 0. The van der Waals surface area contributed by atoms with E-state index in [0.717, 1.165) is 12.2 Å². The lowest BCUT2D eigenvalue weighted by Gasteiger charge is -2.25. The van der Waals surface area contributed by atoms with E-state index in [4.69, 9.17) is 5.73 Å². The van der Waals surface area contributed by atoms with Gasteiger partial charge in [-0.2, -0.15) is 0 Å². The average molecular weight is 190 g/mol. The molecule has 0 aromatic heterocycles. The summed E-state index contributed by atoms with van der Waals surface area (Å²) in [6.45, 7) is 3.24. The third-order valence-corrected chi connectivity index (χ3v) is 2.93. The van der Waals surface area contributed by atoms with Crippen molar-refractivity contribution in [2.45, 2.75) is 32.2 Å². The van der Waals surface area contributed by atoms with Gasteiger partial charge in [0.15, 0.2) is 0 Å². The number of nitrogen functional groups attached to an aromatic ring is 1. The van der Waals surface area contributed by atoms with Crippen molar-refractivity contribution >= 4 is 5.69 Å². The van der Waals surface area contributed by atoms with E-state index >= 15 is 0 Å². The molecule has 1 aromatic rings. The Morgan fingerprint density at radius 3 is 2.93 bits per heavy atom. The Morgan fingerprint density at radius 2 is 2.21 bits per heavy atom. The number of anilines is 1. The Kier molecular flexibility index (Phi) is 2.73. The van der Waals surface area contributed by atoms with Gasteiger partial charge in [0.05, 0.1) is 0 Å². The largest absolute Gasteiger partial charge is 0.398 e. The predicted octanol–water partition coefficient (Wildman–Crippen LogP) is 2.39. The van der Waals surface area contributed by atoms with Gasteiger partial charge in [-0.15, -0.1) is 0 Å². The van der Waals surface area contributed by atoms with Gasteiger partial charge in [-0.05, 0) is 37.9 Å². The fraction of sp³-hybridized carbons (Fsp3) is 0.500. The Balaban J connectivity index is 2.24. The van der Waals surface area contributed by atoms with Crippen LogP contribution in [0.1, 0.15) is 36.4 Å². The lowest BCUT2D eigenvalue weighted by molar-refractivity contribution is 0.413. The number of benzene rings is 1. The molecule has 2 rings (SSSR count). The van der Waals surface area contributed by atoms with Crippen LogP contribution in [-0.2, 0) is 0 Å². The molecule has 0 bridgehead atoms. The Bertz CT molecular complexity index is 314. The summed E-state index contributed by atoms with van der Waals surface area (Å²) in [6.07, 6.45) is 3.82. The molecular formula is C12H18N2. The maximum atomic E-state index is 5.98. The van der Waals surface area contributed by atoms with Gasteiger partial charge in [-0.25, -0.2) is 0 Å². The molecule has 0 saturated carbocycles. The van der Waals surface area contributed by atoms with Gasteiger partial charge < -0.3 is 11.1 Å². The minimum atomic E-state index is 0.476. The second kappa shape index (κ2) is 4.01. The Morgan fingerprint density at radius 1 is 1.36 bits per heavy atom. The monoisotopic (exact) mass is 190 g/mol. The van der Waals surface area contributed by atoms with Gasteiger partial charge in [0, 0.05) is 11.7 Å². The van der Waals surface area contributed by atoms with Crippen molar-refractivity contribution in [1.29, 1.82) is 0 Å². The standard InChI is InChI=1S/C12H18N2/c1-9-5-6-11(13)10(8-9)12-4-2-3-7-14-12/h5-6,8,12,14H,2-4,7,13H2,1H3/t12-/m0/s1. The van der Waals surface area contributed by atoms with E-state index in [2.05, 4.69) is 24.4 Å². The number of hydrogen-bond donors (Lipinski definition) is 2. The van der Waals surface area contributed by atoms with Crippen molar-refractivity contribution in [3.05, 3.63) is 29.3 Å². The number of piperidine rings is 1. The van der Waals surface area contributed by atoms with Gasteiger partial charge in [0.1, 0.15) is 0 Å². The third-order valence-electron chi connectivity index (χ3n) is 2.93. The Hall–Kier alpha value is -1.02. The topological polar surface area (TPSA) is 38.0 Å². The lowest BCUT2D eigenvalue weighted by Crippen LogP contribution is -2.27. The Labute approximate surface area is 85.5 Å². The molecule has 1 aliphatic heterocycles. The summed E-state index contributed by atoms with van der Waals surface area (Å²) in [4.78, 5) is 0. The molecule has 0 aliphatic carbocycles. The first-order chi connectivity index (χ1) is 6.77. The summed E-state index contributed by atoms with van der Waals surface area (Å²) in [6, 6.07) is 6.77. The zero-order valence-electron chi connectivity index (χ0n) is 8.72. The van der Waals surface area contributed by atoms with Gasteiger partial charge >= 0.3 is 0 Å². The van der Waals surface area contributed by atoms with Crippen molar-refractivity contribution in [2.24, 2.45) is 0 Å². The highest BCUT2D eigenvalue weighted by Crippen LogP contribution is 2.27. The molecule has 0 spiro atoms. The van der Waals surface area contributed by atoms with E-state index in [1.165, 1.54) is 30.4 Å². The lowest BCUT2D eigenvalue weighted by atomic mass is 9.95. The first-order valence-electron chi connectivity index (χ1n) is 5.37. The van der Waals surface area contributed by atoms with E-state index in [-0.39, 0.29) is 0 Å². The second-order valence-corrected chi connectivity index (χ2v) is 4.13. The van der Waals surface area contributed by atoms with Crippen LogP contribution in [0, 0.1) is 6.92 Å². The van der Waals surface area contributed by atoms with Crippen molar-refractivity contribution in [3.63, 3.8) is 0 Å². The van der Waals surface area contributed by atoms with Crippen LogP contribution in [-0.4, -0.2) is 6.54 Å². The van der Waals surface area contributed by atoms with Crippen LogP contribution in [0.15, 0.2) is 18.2 Å². The summed E-state index contributed by atoms with van der Waals surface area (Å²) in [5, 5.41) is 3.52. The van der Waals surface area contributed by atoms with Gasteiger partial charge in [0.25, 0.3) is 0 Å². The van der Waals surface area contributed by atoms with Crippen LogP contribution in [0.3, 0.4) is 0 Å². The summed E-state index contributed by atoms with van der Waals surface area (Å²) in [5.41, 5.74) is 9.48. The molecule has 0 radical (unpaired) electrons. The van der Waals surface area contributed by atoms with E-state index < -0.39 is 0 Å². The highest BCUT2D eigenvalue weighted by Gasteiger charge is 2.16. The fourth-order valence-corrected chi connectivity index (χ4v) is 2.11. The normalized spacial score (nSPS) is 22.2. The first kappa shape index (κ1) is 9.53. The number of nitrogens with two attached hydrogens (primary N) is 1. The molecule has 3 N–H and O–H groups in total. The zero-order valence-corrected chi connectivity index (χ0v) is 8.72. The highest BCUT2D eigenvalue weighted by molar-refractivity contribution is 5.50. The van der Waals surface area contributed by atoms with Crippen molar-refractivity contribution in [3.8, 4) is 0 Å². The van der Waals surface area contributed by atoms with E-state index in [1.54, 1.807) is 0 Å². The van der Waals surface area contributed by atoms with E-state index in [1.807, 2.05) is 6.07 Å². The van der Waals surface area contributed by atoms with Crippen LogP contribution in [0.5, 0.6) is 0 Å². The smallest absolute Gasteiger partial charge is 0.0362 e. The molecule has 2 nitrogen and oxygen atoms in total. The number of aryl methyl sites for hydroxylation is 1. The number of nitrogens with one attached hydrogen (secondary N) is 1. The number of hydrogen-bond acceptors (Lipinski definition) is 2. The predicted molar refractivity (Wildman–Crippen MR) is 60.2 cm³/mol. The summed E-state index contributed by atoms with van der Waals surface area (Å²) >= 11 is 0. The fourth-order valence-electron chi connectivity index (χ4n) is 2.11.